The number of hydrogen-bond acceptors (Lipinski definition) is 5. The van der Waals surface area contributed by atoms with Crippen molar-refractivity contribution in [1.29, 1.82) is 0 Å². The highest BCUT2D eigenvalue weighted by Gasteiger charge is 2.14. The van der Waals surface area contributed by atoms with Gasteiger partial charge in [-0.15, -0.1) is 0 Å². The van der Waals surface area contributed by atoms with Gasteiger partial charge in [-0.05, 0) is 41.3 Å². The van der Waals surface area contributed by atoms with Crippen molar-refractivity contribution in [2.45, 2.75) is 25.6 Å². The predicted molar refractivity (Wildman–Crippen MR) is 126 cm³/mol. The van der Waals surface area contributed by atoms with Gasteiger partial charge in [0.05, 0.1) is 23.8 Å². The summed E-state index contributed by atoms with van der Waals surface area (Å²) in [5.74, 6) is 0.517. The van der Waals surface area contributed by atoms with Crippen molar-refractivity contribution >= 4 is 17.6 Å². The Balaban J connectivity index is 1.48. The van der Waals surface area contributed by atoms with Crippen molar-refractivity contribution in [3.8, 4) is 5.75 Å². The van der Waals surface area contributed by atoms with Crippen molar-refractivity contribution < 1.29 is 19.4 Å². The molecule has 0 saturated heterocycles. The minimum absolute atomic E-state index is 0.207. The molecular weight excluding hydrogens is 426 g/mol. The minimum atomic E-state index is -0.737. The summed E-state index contributed by atoms with van der Waals surface area (Å²) in [5.41, 5.74) is 3.35. The number of carbonyl (C=O) groups excluding carboxylic acids is 1. The van der Waals surface area contributed by atoms with Crippen LogP contribution in [0.2, 0.25) is 5.02 Å². The standard InChI is InChI=1S/C26H28ClNO4/c1-18(20-8-10-21(11-9-20)26(30)31-2)15-28-16-25(29)23-13-12-22(14-24(23)27)32-17-19-6-4-3-5-7-19/h3-14,18,25,28-29H,15-17H2,1-2H3. The van der Waals surface area contributed by atoms with Crippen LogP contribution in [-0.4, -0.2) is 31.3 Å². The van der Waals surface area contributed by atoms with E-state index in [0.29, 0.717) is 41.6 Å². The zero-order chi connectivity index (χ0) is 22.9. The van der Waals surface area contributed by atoms with Gasteiger partial charge in [-0.1, -0.05) is 67.1 Å². The molecule has 0 spiro atoms. The number of ether oxygens (including phenoxy) is 2. The number of aliphatic hydroxyl groups excluding tert-OH is 1. The van der Waals surface area contributed by atoms with Gasteiger partial charge in [0.2, 0.25) is 0 Å². The molecule has 0 heterocycles. The topological polar surface area (TPSA) is 67.8 Å². The third kappa shape index (κ3) is 6.57. The Labute approximate surface area is 194 Å². The molecule has 0 aliphatic heterocycles. The SMILES string of the molecule is COC(=O)c1ccc(C(C)CNCC(O)c2ccc(OCc3ccccc3)cc2Cl)cc1. The van der Waals surface area contributed by atoms with Gasteiger partial charge in [0, 0.05) is 18.7 Å². The first-order valence-electron chi connectivity index (χ1n) is 10.5. The highest BCUT2D eigenvalue weighted by atomic mass is 35.5. The maximum absolute atomic E-state index is 11.5. The average Bonchev–Trinajstić information content (AvgIpc) is 2.82. The highest BCUT2D eigenvalue weighted by Crippen LogP contribution is 2.28. The number of aliphatic hydroxyl groups is 1. The molecule has 0 fully saturated rings. The minimum Gasteiger partial charge on any atom is -0.489 e. The third-order valence-corrected chi connectivity index (χ3v) is 5.60. The van der Waals surface area contributed by atoms with E-state index in [1.165, 1.54) is 7.11 Å². The highest BCUT2D eigenvalue weighted by molar-refractivity contribution is 6.31. The normalized spacial score (nSPS) is 12.8. The summed E-state index contributed by atoms with van der Waals surface area (Å²) < 4.78 is 10.5. The number of halogens is 1. The van der Waals surface area contributed by atoms with Crippen LogP contribution < -0.4 is 10.1 Å². The number of nitrogens with one attached hydrogen (secondary N) is 1. The molecule has 0 radical (unpaired) electrons. The molecule has 3 rings (SSSR count). The van der Waals surface area contributed by atoms with Crippen LogP contribution in [0.5, 0.6) is 5.75 Å². The lowest BCUT2D eigenvalue weighted by atomic mass is 9.99. The maximum atomic E-state index is 11.5. The second kappa shape index (κ2) is 11.7. The van der Waals surface area contributed by atoms with E-state index in [4.69, 9.17) is 21.1 Å². The van der Waals surface area contributed by atoms with Crippen LogP contribution >= 0.6 is 11.6 Å². The average molecular weight is 454 g/mol. The van der Waals surface area contributed by atoms with Crippen LogP contribution in [-0.2, 0) is 11.3 Å². The fourth-order valence-corrected chi connectivity index (χ4v) is 3.64. The second-order valence-corrected chi connectivity index (χ2v) is 8.05. The van der Waals surface area contributed by atoms with E-state index in [-0.39, 0.29) is 11.9 Å². The zero-order valence-corrected chi connectivity index (χ0v) is 19.0. The third-order valence-electron chi connectivity index (χ3n) is 5.27. The number of carbonyl (C=O) groups is 1. The Hall–Kier alpha value is -2.86. The van der Waals surface area contributed by atoms with Crippen LogP contribution in [0.3, 0.4) is 0 Å². The van der Waals surface area contributed by atoms with Crippen molar-refractivity contribution in [1.82, 2.24) is 5.32 Å². The fraction of sp³-hybridized carbons (Fsp3) is 0.269. The van der Waals surface area contributed by atoms with Crippen LogP contribution in [0.1, 0.15) is 46.0 Å². The monoisotopic (exact) mass is 453 g/mol. The number of methoxy groups -OCH3 is 1. The van der Waals surface area contributed by atoms with E-state index in [2.05, 4.69) is 12.2 Å². The molecule has 6 heteroatoms. The summed E-state index contributed by atoms with van der Waals surface area (Å²) >= 11 is 6.39. The fourth-order valence-electron chi connectivity index (χ4n) is 3.34. The van der Waals surface area contributed by atoms with E-state index >= 15 is 0 Å². The van der Waals surface area contributed by atoms with Crippen LogP contribution in [0.15, 0.2) is 72.8 Å². The Morgan fingerprint density at radius 3 is 2.41 bits per heavy atom. The van der Waals surface area contributed by atoms with E-state index < -0.39 is 6.10 Å². The molecule has 3 aromatic carbocycles. The van der Waals surface area contributed by atoms with Crippen molar-refractivity contribution in [2.24, 2.45) is 0 Å². The molecule has 0 aliphatic rings. The summed E-state index contributed by atoms with van der Waals surface area (Å²) in [5, 5.41) is 14.3. The number of esters is 1. The van der Waals surface area contributed by atoms with E-state index in [1.807, 2.05) is 48.5 Å². The quantitative estimate of drug-likeness (QED) is 0.416. The lowest BCUT2D eigenvalue weighted by molar-refractivity contribution is 0.0600. The molecule has 2 unspecified atom stereocenters. The Bertz CT molecular complexity index is 1010. The van der Waals surface area contributed by atoms with Gasteiger partial charge in [0.25, 0.3) is 0 Å². The molecule has 2 N–H and O–H groups in total. The molecule has 2 atom stereocenters. The van der Waals surface area contributed by atoms with Gasteiger partial charge in [-0.2, -0.15) is 0 Å². The molecule has 5 nitrogen and oxygen atoms in total. The molecule has 32 heavy (non-hydrogen) atoms. The maximum Gasteiger partial charge on any atom is 0.337 e. The van der Waals surface area contributed by atoms with Crippen LogP contribution in [0.25, 0.3) is 0 Å². The van der Waals surface area contributed by atoms with E-state index in [9.17, 15) is 9.90 Å². The second-order valence-electron chi connectivity index (χ2n) is 7.65. The first kappa shape index (κ1) is 23.8. The van der Waals surface area contributed by atoms with Gasteiger partial charge >= 0.3 is 5.97 Å². The molecule has 0 aliphatic carbocycles. The first-order valence-corrected chi connectivity index (χ1v) is 10.9. The van der Waals surface area contributed by atoms with Gasteiger partial charge in [-0.25, -0.2) is 4.79 Å². The smallest absolute Gasteiger partial charge is 0.337 e. The molecular formula is C26H28ClNO4. The molecule has 0 amide bonds. The number of rotatable bonds is 10. The summed E-state index contributed by atoms with van der Waals surface area (Å²) in [6.45, 7) is 3.58. The first-order chi connectivity index (χ1) is 15.5. The lowest BCUT2D eigenvalue weighted by Crippen LogP contribution is -2.25. The zero-order valence-electron chi connectivity index (χ0n) is 18.3. The predicted octanol–water partition coefficient (Wildman–Crippen LogP) is 5.13. The van der Waals surface area contributed by atoms with Gasteiger partial charge < -0.3 is 19.9 Å². The summed E-state index contributed by atoms with van der Waals surface area (Å²) in [6, 6.07) is 22.6. The summed E-state index contributed by atoms with van der Waals surface area (Å²) in [6.07, 6.45) is -0.737. The van der Waals surface area contributed by atoms with Gasteiger partial charge in [0.15, 0.2) is 0 Å². The lowest BCUT2D eigenvalue weighted by Gasteiger charge is -2.18. The largest absolute Gasteiger partial charge is 0.489 e. The number of benzene rings is 3. The molecule has 0 aromatic heterocycles. The van der Waals surface area contributed by atoms with Crippen LogP contribution in [0, 0.1) is 0 Å². The van der Waals surface area contributed by atoms with Crippen molar-refractivity contribution in [2.75, 3.05) is 20.2 Å². The van der Waals surface area contributed by atoms with E-state index in [1.54, 1.807) is 24.3 Å². The van der Waals surface area contributed by atoms with Gasteiger partial charge in [-0.3, -0.25) is 0 Å². The van der Waals surface area contributed by atoms with Crippen LogP contribution in [0.4, 0.5) is 0 Å². The van der Waals surface area contributed by atoms with E-state index in [0.717, 1.165) is 11.1 Å². The Morgan fingerprint density at radius 1 is 1.03 bits per heavy atom. The van der Waals surface area contributed by atoms with Gasteiger partial charge in [0.1, 0.15) is 12.4 Å². The van der Waals surface area contributed by atoms with Crippen molar-refractivity contribution in [3.05, 3.63) is 100 Å². The van der Waals surface area contributed by atoms with Crippen molar-refractivity contribution in [3.63, 3.8) is 0 Å². The molecule has 3 aromatic rings. The molecule has 0 bridgehead atoms. The number of hydrogen-bond donors (Lipinski definition) is 2. The Morgan fingerprint density at radius 2 is 1.75 bits per heavy atom. The Kier molecular flexibility index (Phi) is 8.68. The molecule has 0 saturated carbocycles. The summed E-state index contributed by atoms with van der Waals surface area (Å²) in [4.78, 5) is 11.5. The summed E-state index contributed by atoms with van der Waals surface area (Å²) in [7, 11) is 1.37. The molecule has 168 valence electrons.